The summed E-state index contributed by atoms with van der Waals surface area (Å²) in [5.41, 5.74) is 3.00. The summed E-state index contributed by atoms with van der Waals surface area (Å²) < 4.78 is 21.8. The summed E-state index contributed by atoms with van der Waals surface area (Å²) >= 11 is 0. The Morgan fingerprint density at radius 1 is 1.25 bits per heavy atom. The lowest BCUT2D eigenvalue weighted by molar-refractivity contribution is -0.123. The van der Waals surface area contributed by atoms with Crippen LogP contribution in [-0.2, 0) is 24.7 Å². The number of fused-ring (bicyclic) bond motifs is 1. The topological polar surface area (TPSA) is 56.2 Å². The number of carbonyl (C=O) groups is 1. The van der Waals surface area contributed by atoms with Gasteiger partial charge in [0.2, 0.25) is 0 Å². The average molecular weight is 379 g/mol. The number of hydrogen-bond acceptors (Lipinski definition) is 3. The van der Waals surface area contributed by atoms with Crippen LogP contribution >= 0.6 is 0 Å². The lowest BCUT2D eigenvalue weighted by atomic mass is 10.1. The predicted octanol–water partition coefficient (Wildman–Crippen LogP) is 3.33. The molecule has 2 aromatic carbocycles. The third kappa shape index (κ3) is 3.76. The molecule has 1 atom stereocenters. The highest BCUT2D eigenvalue weighted by atomic mass is 19.1. The fourth-order valence-corrected chi connectivity index (χ4v) is 3.64. The van der Waals surface area contributed by atoms with Crippen LogP contribution < -0.4 is 10.1 Å². The second-order valence-electron chi connectivity index (χ2n) is 6.99. The van der Waals surface area contributed by atoms with Crippen LogP contribution in [0.2, 0.25) is 0 Å². The molecule has 4 rings (SSSR count). The molecule has 144 valence electrons. The predicted molar refractivity (Wildman–Crippen MR) is 104 cm³/mol. The van der Waals surface area contributed by atoms with Crippen LogP contribution in [0, 0.1) is 5.82 Å². The van der Waals surface area contributed by atoms with Gasteiger partial charge in [-0.3, -0.25) is 4.79 Å². The van der Waals surface area contributed by atoms with Crippen LogP contribution in [0.4, 0.5) is 4.39 Å². The lowest BCUT2D eigenvalue weighted by Gasteiger charge is -2.20. The van der Waals surface area contributed by atoms with Crippen molar-refractivity contribution in [2.45, 2.75) is 25.3 Å². The minimum atomic E-state index is -0.697. The highest BCUT2D eigenvalue weighted by molar-refractivity contribution is 5.78. The Morgan fingerprint density at radius 3 is 2.86 bits per heavy atom. The molecule has 0 bridgehead atoms. The van der Waals surface area contributed by atoms with Gasteiger partial charge in [0.05, 0.1) is 0 Å². The first kappa shape index (κ1) is 18.2. The number of imidazole rings is 1. The van der Waals surface area contributed by atoms with Gasteiger partial charge in [0.25, 0.3) is 5.91 Å². The Kier molecular flexibility index (Phi) is 5.10. The number of nitrogens with one attached hydrogen (secondary N) is 1. The summed E-state index contributed by atoms with van der Waals surface area (Å²) in [7, 11) is 1.81. The van der Waals surface area contributed by atoms with Gasteiger partial charge in [-0.15, -0.1) is 0 Å². The molecule has 3 aromatic rings. The molecule has 1 aliphatic carbocycles. The van der Waals surface area contributed by atoms with E-state index in [-0.39, 0.29) is 12.5 Å². The van der Waals surface area contributed by atoms with E-state index in [4.69, 9.17) is 4.74 Å². The maximum Gasteiger partial charge on any atom is 0.258 e. The molecule has 1 N–H and O–H groups in total. The van der Waals surface area contributed by atoms with Crippen molar-refractivity contribution in [1.29, 1.82) is 0 Å². The highest BCUT2D eigenvalue weighted by Crippen LogP contribution is 2.26. The fourth-order valence-electron chi connectivity index (χ4n) is 3.64. The quantitative estimate of drug-likeness (QED) is 0.715. The molecular formula is C22H22FN3O2. The molecule has 0 unspecified atom stereocenters. The number of hydrogen-bond donors (Lipinski definition) is 1. The first-order chi connectivity index (χ1) is 13.6. The Balaban J connectivity index is 1.48. The van der Waals surface area contributed by atoms with E-state index < -0.39 is 11.9 Å². The molecule has 0 fully saturated rings. The van der Waals surface area contributed by atoms with E-state index in [2.05, 4.69) is 16.4 Å². The zero-order valence-electron chi connectivity index (χ0n) is 15.7. The molecule has 0 spiro atoms. The van der Waals surface area contributed by atoms with E-state index >= 15 is 0 Å². The van der Waals surface area contributed by atoms with Crippen molar-refractivity contribution in [3.63, 3.8) is 0 Å². The number of ether oxygens (including phenoxy) is 1. The van der Waals surface area contributed by atoms with E-state index in [1.165, 1.54) is 17.2 Å². The van der Waals surface area contributed by atoms with Crippen molar-refractivity contribution in [2.75, 3.05) is 6.61 Å². The Hall–Kier alpha value is -3.15. The normalized spacial score (nSPS) is 13.8. The van der Waals surface area contributed by atoms with Crippen LogP contribution in [0.5, 0.6) is 5.75 Å². The molecule has 6 heteroatoms. The number of rotatable bonds is 6. The smallest absolute Gasteiger partial charge is 0.258 e. The first-order valence-corrected chi connectivity index (χ1v) is 9.37. The molecule has 28 heavy (non-hydrogen) atoms. The summed E-state index contributed by atoms with van der Waals surface area (Å²) in [6.07, 6.45) is 6.69. The van der Waals surface area contributed by atoms with Gasteiger partial charge in [0, 0.05) is 25.0 Å². The largest absolute Gasteiger partial charge is 0.484 e. The number of aromatic nitrogens is 2. The average Bonchev–Trinajstić information content (AvgIpc) is 3.33. The second kappa shape index (κ2) is 7.84. The van der Waals surface area contributed by atoms with Gasteiger partial charge in [0.1, 0.15) is 23.4 Å². The summed E-state index contributed by atoms with van der Waals surface area (Å²) in [5.74, 6) is 0.498. The summed E-state index contributed by atoms with van der Waals surface area (Å²) in [4.78, 5) is 16.8. The zero-order chi connectivity index (χ0) is 19.5. The van der Waals surface area contributed by atoms with Crippen LogP contribution in [0.25, 0.3) is 0 Å². The molecule has 1 amide bonds. The van der Waals surface area contributed by atoms with Crippen LogP contribution in [0.1, 0.15) is 35.0 Å². The van der Waals surface area contributed by atoms with Gasteiger partial charge in [-0.05, 0) is 48.6 Å². The third-order valence-electron chi connectivity index (χ3n) is 5.08. The number of benzene rings is 2. The SMILES string of the molecule is Cn1ccnc1[C@@H](NC(=O)COc1ccc2c(c1)CCC2)c1ccccc1F. The molecule has 1 aliphatic rings. The minimum Gasteiger partial charge on any atom is -0.484 e. The monoisotopic (exact) mass is 379 g/mol. The van der Waals surface area contributed by atoms with E-state index in [9.17, 15) is 9.18 Å². The van der Waals surface area contributed by atoms with E-state index in [1.807, 2.05) is 19.2 Å². The van der Waals surface area contributed by atoms with Crippen LogP contribution in [-0.4, -0.2) is 22.1 Å². The molecule has 1 heterocycles. The molecule has 5 nitrogen and oxygen atoms in total. The van der Waals surface area contributed by atoms with Crippen molar-refractivity contribution in [1.82, 2.24) is 14.9 Å². The number of carbonyl (C=O) groups excluding carboxylic acids is 1. The van der Waals surface area contributed by atoms with E-state index in [0.29, 0.717) is 17.1 Å². The minimum absolute atomic E-state index is 0.145. The van der Waals surface area contributed by atoms with Crippen molar-refractivity contribution in [3.05, 3.63) is 83.2 Å². The number of aryl methyl sites for hydroxylation is 3. The Labute approximate surface area is 163 Å². The van der Waals surface area contributed by atoms with Crippen molar-refractivity contribution >= 4 is 5.91 Å². The highest BCUT2D eigenvalue weighted by Gasteiger charge is 2.23. The fraction of sp³-hybridized carbons (Fsp3) is 0.273. The van der Waals surface area contributed by atoms with Crippen molar-refractivity contribution in [2.24, 2.45) is 7.05 Å². The van der Waals surface area contributed by atoms with Crippen LogP contribution in [0.3, 0.4) is 0 Å². The van der Waals surface area contributed by atoms with E-state index in [1.54, 1.807) is 35.2 Å². The summed E-state index contributed by atoms with van der Waals surface area (Å²) in [6, 6.07) is 11.6. The molecule has 0 radical (unpaired) electrons. The molecule has 0 saturated heterocycles. The van der Waals surface area contributed by atoms with Crippen molar-refractivity contribution in [3.8, 4) is 5.75 Å². The van der Waals surface area contributed by atoms with Gasteiger partial charge in [-0.1, -0.05) is 24.3 Å². The summed E-state index contributed by atoms with van der Waals surface area (Å²) in [6.45, 7) is -0.145. The molecule has 1 aromatic heterocycles. The summed E-state index contributed by atoms with van der Waals surface area (Å²) in [5, 5.41) is 2.85. The Bertz CT molecular complexity index is 999. The molecule has 0 aliphatic heterocycles. The Morgan fingerprint density at radius 2 is 2.07 bits per heavy atom. The third-order valence-corrected chi connectivity index (χ3v) is 5.08. The zero-order valence-corrected chi connectivity index (χ0v) is 15.7. The van der Waals surface area contributed by atoms with Crippen molar-refractivity contribution < 1.29 is 13.9 Å². The van der Waals surface area contributed by atoms with E-state index in [0.717, 1.165) is 19.3 Å². The van der Waals surface area contributed by atoms with Gasteiger partial charge < -0.3 is 14.6 Å². The maximum atomic E-state index is 14.4. The van der Waals surface area contributed by atoms with Gasteiger partial charge in [-0.25, -0.2) is 9.37 Å². The number of halogens is 1. The first-order valence-electron chi connectivity index (χ1n) is 9.37. The second-order valence-corrected chi connectivity index (χ2v) is 6.99. The standard InChI is InChI=1S/C22H22FN3O2/c1-26-12-11-24-22(26)21(18-7-2-3-8-19(18)23)25-20(27)14-28-17-10-9-15-5-4-6-16(15)13-17/h2-3,7-13,21H,4-6,14H2,1H3,(H,25,27)/t21-/m0/s1. The van der Waals surface area contributed by atoms with Crippen LogP contribution in [0.15, 0.2) is 54.9 Å². The number of amides is 1. The molecular weight excluding hydrogens is 357 g/mol. The maximum absolute atomic E-state index is 14.4. The molecule has 0 saturated carbocycles. The lowest BCUT2D eigenvalue weighted by Crippen LogP contribution is -2.35. The van der Waals surface area contributed by atoms with Gasteiger partial charge in [0.15, 0.2) is 6.61 Å². The van der Waals surface area contributed by atoms with Gasteiger partial charge >= 0.3 is 0 Å². The van der Waals surface area contributed by atoms with Gasteiger partial charge in [-0.2, -0.15) is 0 Å². The number of nitrogens with zero attached hydrogens (tertiary/aromatic N) is 2.